The number of amides is 1. The fourth-order valence-corrected chi connectivity index (χ4v) is 1.58. The van der Waals surface area contributed by atoms with Gasteiger partial charge in [0.25, 0.3) is 0 Å². The summed E-state index contributed by atoms with van der Waals surface area (Å²) < 4.78 is 0.657. The standard InChI is InChI=1S/C9H18NO/c1-8-4-6-10(3,7-5-8)9(2)11/h8H,4-7H2,1-3H3/q+1. The van der Waals surface area contributed by atoms with Crippen LogP contribution in [-0.2, 0) is 4.79 Å². The van der Waals surface area contributed by atoms with Crippen LogP contribution in [0.1, 0.15) is 26.7 Å². The zero-order valence-corrected chi connectivity index (χ0v) is 7.76. The van der Waals surface area contributed by atoms with Gasteiger partial charge in [-0.2, -0.15) is 0 Å². The predicted octanol–water partition coefficient (Wildman–Crippen LogP) is 1.41. The molecule has 1 amide bonds. The third-order valence-electron chi connectivity index (χ3n) is 2.99. The minimum absolute atomic E-state index is 0.317. The number of hydrogen-bond donors (Lipinski definition) is 0. The van der Waals surface area contributed by atoms with E-state index in [1.54, 1.807) is 6.92 Å². The monoisotopic (exact) mass is 156 g/mol. The Balaban J connectivity index is 2.55. The summed E-state index contributed by atoms with van der Waals surface area (Å²) >= 11 is 0. The lowest BCUT2D eigenvalue weighted by atomic mass is 9.97. The molecule has 1 heterocycles. The van der Waals surface area contributed by atoms with E-state index in [0.29, 0.717) is 10.4 Å². The molecule has 0 spiro atoms. The van der Waals surface area contributed by atoms with Crippen LogP contribution in [0.4, 0.5) is 0 Å². The van der Waals surface area contributed by atoms with E-state index in [-0.39, 0.29) is 0 Å². The van der Waals surface area contributed by atoms with Crippen LogP contribution in [0, 0.1) is 5.92 Å². The zero-order valence-electron chi connectivity index (χ0n) is 7.76. The van der Waals surface area contributed by atoms with Crippen molar-refractivity contribution in [1.82, 2.24) is 0 Å². The lowest BCUT2D eigenvalue weighted by molar-refractivity contribution is -0.840. The Morgan fingerprint density at radius 3 is 2.18 bits per heavy atom. The maximum Gasteiger partial charge on any atom is 0.310 e. The largest absolute Gasteiger partial charge is 0.310 e. The molecule has 0 aromatic rings. The molecule has 0 saturated carbocycles. The molecule has 11 heavy (non-hydrogen) atoms. The molecule has 2 heteroatoms. The quantitative estimate of drug-likeness (QED) is 0.485. The highest BCUT2D eigenvalue weighted by Gasteiger charge is 2.32. The van der Waals surface area contributed by atoms with Crippen LogP contribution in [0.25, 0.3) is 0 Å². The van der Waals surface area contributed by atoms with Gasteiger partial charge in [0.2, 0.25) is 0 Å². The molecule has 1 saturated heterocycles. The van der Waals surface area contributed by atoms with E-state index in [1.165, 1.54) is 12.8 Å². The summed E-state index contributed by atoms with van der Waals surface area (Å²) in [6.07, 6.45) is 2.41. The molecular weight excluding hydrogens is 138 g/mol. The van der Waals surface area contributed by atoms with Crippen LogP contribution in [0.15, 0.2) is 0 Å². The fourth-order valence-electron chi connectivity index (χ4n) is 1.58. The van der Waals surface area contributed by atoms with Crippen molar-refractivity contribution in [2.45, 2.75) is 26.7 Å². The fraction of sp³-hybridized carbons (Fsp3) is 0.889. The van der Waals surface area contributed by atoms with Crippen LogP contribution in [-0.4, -0.2) is 30.5 Å². The van der Waals surface area contributed by atoms with Crippen LogP contribution in [0.5, 0.6) is 0 Å². The summed E-state index contributed by atoms with van der Waals surface area (Å²) in [7, 11) is 2.05. The number of likely N-dealkylation sites (tertiary alicyclic amines) is 1. The minimum atomic E-state index is 0.317. The van der Waals surface area contributed by atoms with Gasteiger partial charge < -0.3 is 0 Å². The summed E-state index contributed by atoms with van der Waals surface area (Å²) in [5, 5.41) is 0. The summed E-state index contributed by atoms with van der Waals surface area (Å²) in [5.74, 6) is 1.14. The molecule has 1 aliphatic heterocycles. The van der Waals surface area contributed by atoms with Crippen molar-refractivity contribution in [3.05, 3.63) is 0 Å². The molecule has 0 aromatic carbocycles. The molecule has 64 valence electrons. The van der Waals surface area contributed by atoms with Crippen molar-refractivity contribution in [3.63, 3.8) is 0 Å². The third-order valence-corrected chi connectivity index (χ3v) is 2.99. The molecule has 0 radical (unpaired) electrons. The first kappa shape index (κ1) is 8.72. The maximum absolute atomic E-state index is 11.2. The summed E-state index contributed by atoms with van der Waals surface area (Å²) in [6.45, 7) is 6.05. The van der Waals surface area contributed by atoms with Crippen molar-refractivity contribution in [3.8, 4) is 0 Å². The topological polar surface area (TPSA) is 17.1 Å². The van der Waals surface area contributed by atoms with Crippen LogP contribution >= 0.6 is 0 Å². The Hall–Kier alpha value is -0.370. The van der Waals surface area contributed by atoms with Gasteiger partial charge in [0.15, 0.2) is 0 Å². The molecule has 0 bridgehead atoms. The number of quaternary nitrogens is 1. The average Bonchev–Trinajstić information content (AvgIpc) is 1.95. The van der Waals surface area contributed by atoms with Gasteiger partial charge in [-0.3, -0.25) is 4.48 Å². The van der Waals surface area contributed by atoms with Crippen molar-refractivity contribution in [2.75, 3.05) is 20.1 Å². The van der Waals surface area contributed by atoms with Crippen LogP contribution in [0.2, 0.25) is 0 Å². The van der Waals surface area contributed by atoms with Gasteiger partial charge in [0, 0.05) is 0 Å². The van der Waals surface area contributed by atoms with Gasteiger partial charge in [-0.05, 0) is 18.8 Å². The van der Waals surface area contributed by atoms with E-state index in [4.69, 9.17) is 0 Å². The first-order valence-corrected chi connectivity index (χ1v) is 4.40. The van der Waals surface area contributed by atoms with Gasteiger partial charge >= 0.3 is 5.91 Å². The van der Waals surface area contributed by atoms with Gasteiger partial charge in [-0.15, -0.1) is 0 Å². The molecule has 2 nitrogen and oxygen atoms in total. The van der Waals surface area contributed by atoms with Crippen molar-refractivity contribution in [2.24, 2.45) is 5.92 Å². The second-order valence-corrected chi connectivity index (χ2v) is 4.04. The van der Waals surface area contributed by atoms with E-state index in [0.717, 1.165) is 19.0 Å². The first-order valence-electron chi connectivity index (χ1n) is 4.40. The SMILES string of the molecule is CC(=O)[N+]1(C)CCC(C)CC1. The number of piperidine rings is 1. The van der Waals surface area contributed by atoms with Crippen molar-refractivity contribution >= 4 is 5.91 Å². The van der Waals surface area contributed by atoms with Gasteiger partial charge in [0.1, 0.15) is 0 Å². The van der Waals surface area contributed by atoms with Gasteiger partial charge in [-0.1, -0.05) is 6.92 Å². The van der Waals surface area contributed by atoms with Crippen LogP contribution in [0.3, 0.4) is 0 Å². The molecule has 1 fully saturated rings. The summed E-state index contributed by atoms with van der Waals surface area (Å²) in [4.78, 5) is 11.2. The van der Waals surface area contributed by atoms with E-state index in [2.05, 4.69) is 6.92 Å². The van der Waals surface area contributed by atoms with E-state index < -0.39 is 0 Å². The Bertz CT molecular complexity index is 157. The van der Waals surface area contributed by atoms with Gasteiger partial charge in [-0.25, -0.2) is 4.79 Å². The Morgan fingerprint density at radius 1 is 1.36 bits per heavy atom. The molecular formula is C9H18NO+. The lowest BCUT2D eigenvalue weighted by Gasteiger charge is -2.36. The number of nitrogens with zero attached hydrogens (tertiary/aromatic N) is 1. The second-order valence-electron chi connectivity index (χ2n) is 4.04. The Morgan fingerprint density at radius 2 is 1.82 bits per heavy atom. The average molecular weight is 156 g/mol. The third kappa shape index (κ3) is 1.80. The Labute approximate surface area is 68.8 Å². The van der Waals surface area contributed by atoms with E-state index in [9.17, 15) is 4.79 Å². The van der Waals surface area contributed by atoms with Crippen molar-refractivity contribution < 1.29 is 9.28 Å². The number of hydrogen-bond acceptors (Lipinski definition) is 1. The normalized spacial score (nSPS) is 38.6. The van der Waals surface area contributed by atoms with E-state index >= 15 is 0 Å². The van der Waals surface area contributed by atoms with Gasteiger partial charge in [0.05, 0.1) is 27.1 Å². The second kappa shape index (κ2) is 2.94. The maximum atomic E-state index is 11.2. The zero-order chi connectivity index (χ0) is 8.48. The minimum Gasteiger partial charge on any atom is -0.263 e. The number of carbonyl (C=O) groups is 1. The highest BCUT2D eigenvalue weighted by atomic mass is 16.2. The Kier molecular flexibility index (Phi) is 2.33. The first-order chi connectivity index (χ1) is 5.04. The highest BCUT2D eigenvalue weighted by Crippen LogP contribution is 2.21. The molecule has 0 N–H and O–H groups in total. The molecule has 0 atom stereocenters. The lowest BCUT2D eigenvalue weighted by Crippen LogP contribution is -2.52. The molecule has 0 aliphatic carbocycles. The molecule has 0 unspecified atom stereocenters. The number of carbonyl (C=O) groups excluding carboxylic acids is 1. The smallest absolute Gasteiger partial charge is 0.263 e. The van der Waals surface area contributed by atoms with E-state index in [1.807, 2.05) is 7.05 Å². The summed E-state index contributed by atoms with van der Waals surface area (Å²) in [6, 6.07) is 0. The molecule has 1 aliphatic rings. The summed E-state index contributed by atoms with van der Waals surface area (Å²) in [5.41, 5.74) is 0. The van der Waals surface area contributed by atoms with Crippen molar-refractivity contribution in [1.29, 1.82) is 0 Å². The highest BCUT2D eigenvalue weighted by molar-refractivity contribution is 5.65. The predicted molar refractivity (Wildman–Crippen MR) is 45.0 cm³/mol. The molecule has 0 aromatic heterocycles. The number of rotatable bonds is 0. The molecule has 1 rings (SSSR count). The van der Waals surface area contributed by atoms with Crippen LogP contribution < -0.4 is 0 Å².